The van der Waals surface area contributed by atoms with Gasteiger partial charge in [-0.2, -0.15) is 11.8 Å². The van der Waals surface area contributed by atoms with E-state index in [2.05, 4.69) is 37.4 Å². The van der Waals surface area contributed by atoms with Crippen LogP contribution < -0.4 is 5.73 Å². The molecule has 2 N–H and O–H groups in total. The quantitative estimate of drug-likeness (QED) is 0.806. The monoisotopic (exact) mass is 209 g/mol. The number of benzene rings is 1. The van der Waals surface area contributed by atoms with Gasteiger partial charge in [0.25, 0.3) is 0 Å². The summed E-state index contributed by atoms with van der Waals surface area (Å²) in [6.45, 7) is 2.15. The van der Waals surface area contributed by atoms with Crippen LogP contribution in [0, 0.1) is 6.92 Å². The molecule has 0 bridgehead atoms. The zero-order valence-electron chi connectivity index (χ0n) is 8.99. The fourth-order valence-electron chi connectivity index (χ4n) is 1.49. The first-order valence-corrected chi connectivity index (χ1v) is 6.42. The second-order valence-corrected chi connectivity index (χ2v) is 4.66. The van der Waals surface area contributed by atoms with Crippen LogP contribution in [0.1, 0.15) is 17.5 Å². The molecular weight excluding hydrogens is 190 g/mol. The van der Waals surface area contributed by atoms with Crippen molar-refractivity contribution in [2.45, 2.75) is 25.8 Å². The lowest BCUT2D eigenvalue weighted by atomic mass is 10.0. The zero-order valence-corrected chi connectivity index (χ0v) is 9.81. The van der Waals surface area contributed by atoms with Crippen molar-refractivity contribution in [2.75, 3.05) is 12.0 Å². The first-order valence-electron chi connectivity index (χ1n) is 5.03. The molecule has 1 unspecified atom stereocenters. The highest BCUT2D eigenvalue weighted by atomic mass is 32.2. The van der Waals surface area contributed by atoms with Crippen LogP contribution in [-0.2, 0) is 6.42 Å². The highest BCUT2D eigenvalue weighted by Crippen LogP contribution is 2.11. The molecule has 0 radical (unpaired) electrons. The Balaban J connectivity index is 2.47. The number of nitrogens with two attached hydrogens (primary N) is 1. The Morgan fingerprint density at radius 3 is 2.71 bits per heavy atom. The molecule has 1 aromatic carbocycles. The number of thioether (sulfide) groups is 1. The average molecular weight is 209 g/mol. The lowest BCUT2D eigenvalue weighted by Gasteiger charge is -2.12. The van der Waals surface area contributed by atoms with E-state index in [1.807, 2.05) is 11.8 Å². The van der Waals surface area contributed by atoms with E-state index in [0.717, 1.165) is 18.6 Å². The Morgan fingerprint density at radius 1 is 1.36 bits per heavy atom. The lowest BCUT2D eigenvalue weighted by molar-refractivity contribution is 0.650. The smallest absolute Gasteiger partial charge is 0.00872 e. The van der Waals surface area contributed by atoms with E-state index in [9.17, 15) is 0 Å². The summed E-state index contributed by atoms with van der Waals surface area (Å²) in [5, 5.41) is 0. The van der Waals surface area contributed by atoms with Gasteiger partial charge >= 0.3 is 0 Å². The third-order valence-electron chi connectivity index (χ3n) is 2.44. The first-order chi connectivity index (χ1) is 6.74. The van der Waals surface area contributed by atoms with Crippen LogP contribution in [0.5, 0.6) is 0 Å². The Bertz CT molecular complexity index is 273. The van der Waals surface area contributed by atoms with Crippen molar-refractivity contribution in [1.29, 1.82) is 0 Å². The largest absolute Gasteiger partial charge is 0.327 e. The summed E-state index contributed by atoms with van der Waals surface area (Å²) in [6.07, 6.45) is 4.24. The van der Waals surface area contributed by atoms with E-state index >= 15 is 0 Å². The Kier molecular flexibility index (Phi) is 5.05. The molecule has 1 rings (SSSR count). The SMILES string of the molecule is CSCCC(N)Cc1ccccc1C. The molecule has 1 nitrogen and oxygen atoms in total. The van der Waals surface area contributed by atoms with E-state index in [0.29, 0.717) is 6.04 Å². The maximum absolute atomic E-state index is 6.05. The van der Waals surface area contributed by atoms with E-state index in [1.54, 1.807) is 0 Å². The first kappa shape index (κ1) is 11.6. The van der Waals surface area contributed by atoms with Gasteiger partial charge in [-0.3, -0.25) is 0 Å². The summed E-state index contributed by atoms with van der Waals surface area (Å²) in [5.41, 5.74) is 8.79. The molecule has 0 heterocycles. The van der Waals surface area contributed by atoms with E-state index in [4.69, 9.17) is 5.73 Å². The molecule has 0 saturated heterocycles. The van der Waals surface area contributed by atoms with Gasteiger partial charge in [-0.1, -0.05) is 24.3 Å². The van der Waals surface area contributed by atoms with Gasteiger partial charge in [-0.25, -0.2) is 0 Å². The van der Waals surface area contributed by atoms with Crippen LogP contribution in [0.3, 0.4) is 0 Å². The fourth-order valence-corrected chi connectivity index (χ4v) is 2.03. The normalized spacial score (nSPS) is 12.8. The second kappa shape index (κ2) is 6.10. The van der Waals surface area contributed by atoms with Crippen molar-refractivity contribution in [3.05, 3.63) is 35.4 Å². The molecule has 0 aliphatic rings. The van der Waals surface area contributed by atoms with Crippen molar-refractivity contribution < 1.29 is 0 Å². The molecule has 14 heavy (non-hydrogen) atoms. The number of rotatable bonds is 5. The van der Waals surface area contributed by atoms with Crippen molar-refractivity contribution in [1.82, 2.24) is 0 Å². The van der Waals surface area contributed by atoms with Crippen molar-refractivity contribution >= 4 is 11.8 Å². The highest BCUT2D eigenvalue weighted by Gasteiger charge is 2.04. The van der Waals surface area contributed by atoms with Crippen molar-refractivity contribution in [3.8, 4) is 0 Å². The topological polar surface area (TPSA) is 26.0 Å². The van der Waals surface area contributed by atoms with Crippen LogP contribution in [0.25, 0.3) is 0 Å². The molecule has 0 aromatic heterocycles. The average Bonchev–Trinajstić information content (AvgIpc) is 2.18. The Morgan fingerprint density at radius 2 is 2.07 bits per heavy atom. The lowest BCUT2D eigenvalue weighted by Crippen LogP contribution is -2.23. The molecular formula is C12H19NS. The van der Waals surface area contributed by atoms with E-state index < -0.39 is 0 Å². The highest BCUT2D eigenvalue weighted by molar-refractivity contribution is 7.98. The molecule has 2 heteroatoms. The summed E-state index contributed by atoms with van der Waals surface area (Å²) in [7, 11) is 0. The van der Waals surface area contributed by atoms with Gasteiger partial charge in [0, 0.05) is 6.04 Å². The summed E-state index contributed by atoms with van der Waals surface area (Å²) < 4.78 is 0. The minimum absolute atomic E-state index is 0.309. The van der Waals surface area contributed by atoms with Crippen molar-refractivity contribution in [2.24, 2.45) is 5.73 Å². The number of hydrogen-bond donors (Lipinski definition) is 1. The second-order valence-electron chi connectivity index (χ2n) is 3.67. The minimum atomic E-state index is 0.309. The van der Waals surface area contributed by atoms with Crippen LogP contribution in [0.2, 0.25) is 0 Å². The van der Waals surface area contributed by atoms with E-state index in [-0.39, 0.29) is 0 Å². The predicted molar refractivity (Wildman–Crippen MR) is 65.9 cm³/mol. The molecule has 0 aliphatic heterocycles. The van der Waals surface area contributed by atoms with Gasteiger partial charge in [0.05, 0.1) is 0 Å². The molecule has 78 valence electrons. The molecule has 0 aliphatic carbocycles. The summed E-state index contributed by atoms with van der Waals surface area (Å²) in [5.74, 6) is 1.16. The fraction of sp³-hybridized carbons (Fsp3) is 0.500. The van der Waals surface area contributed by atoms with Gasteiger partial charge in [-0.15, -0.1) is 0 Å². The standard InChI is InChI=1S/C12H19NS/c1-10-5-3-4-6-11(10)9-12(13)7-8-14-2/h3-6,12H,7-9,13H2,1-2H3. The maximum Gasteiger partial charge on any atom is 0.00872 e. The molecule has 0 amide bonds. The van der Waals surface area contributed by atoms with Gasteiger partial charge in [0.15, 0.2) is 0 Å². The Labute approximate surface area is 91.1 Å². The van der Waals surface area contributed by atoms with Gasteiger partial charge in [0.1, 0.15) is 0 Å². The van der Waals surface area contributed by atoms with Crippen LogP contribution in [0.4, 0.5) is 0 Å². The van der Waals surface area contributed by atoms with E-state index in [1.165, 1.54) is 11.1 Å². The third-order valence-corrected chi connectivity index (χ3v) is 3.08. The van der Waals surface area contributed by atoms with Gasteiger partial charge < -0.3 is 5.73 Å². The van der Waals surface area contributed by atoms with Crippen LogP contribution in [-0.4, -0.2) is 18.1 Å². The van der Waals surface area contributed by atoms with Crippen LogP contribution in [0.15, 0.2) is 24.3 Å². The molecule has 0 spiro atoms. The summed E-state index contributed by atoms with van der Waals surface area (Å²) in [6, 6.07) is 8.80. The summed E-state index contributed by atoms with van der Waals surface area (Å²) in [4.78, 5) is 0. The van der Waals surface area contributed by atoms with Crippen LogP contribution >= 0.6 is 11.8 Å². The minimum Gasteiger partial charge on any atom is -0.327 e. The number of aryl methyl sites for hydroxylation is 1. The number of hydrogen-bond acceptors (Lipinski definition) is 2. The predicted octanol–water partition coefficient (Wildman–Crippen LogP) is 2.62. The zero-order chi connectivity index (χ0) is 10.4. The molecule has 1 atom stereocenters. The molecule has 0 fully saturated rings. The molecule has 1 aromatic rings. The van der Waals surface area contributed by atoms with Gasteiger partial charge in [0.2, 0.25) is 0 Å². The maximum atomic E-state index is 6.05. The third kappa shape index (κ3) is 3.72. The van der Waals surface area contributed by atoms with Crippen molar-refractivity contribution in [3.63, 3.8) is 0 Å². The Hall–Kier alpha value is -0.470. The molecule has 0 saturated carbocycles. The van der Waals surface area contributed by atoms with Gasteiger partial charge in [-0.05, 0) is 42.9 Å². The summed E-state index contributed by atoms with van der Waals surface area (Å²) >= 11 is 1.86.